The maximum Gasteiger partial charge on any atom is 0.267 e. The van der Waals surface area contributed by atoms with Crippen LogP contribution in [0.4, 0.5) is 0 Å². The van der Waals surface area contributed by atoms with Crippen molar-refractivity contribution in [3.63, 3.8) is 0 Å². The molecule has 4 heterocycles. The smallest absolute Gasteiger partial charge is 0.267 e. The molecule has 1 aromatic rings. The number of nitrogens with one attached hydrogen (secondary N) is 1. The van der Waals surface area contributed by atoms with E-state index in [9.17, 15) is 18.0 Å². The van der Waals surface area contributed by atoms with Gasteiger partial charge in [0, 0.05) is 19.4 Å². The van der Waals surface area contributed by atoms with Gasteiger partial charge in [-0.25, -0.2) is 13.4 Å². The summed E-state index contributed by atoms with van der Waals surface area (Å²) in [5, 5.41) is 8.42. The van der Waals surface area contributed by atoms with Gasteiger partial charge in [0.05, 0.1) is 29.9 Å². The van der Waals surface area contributed by atoms with E-state index in [1.807, 2.05) is 12.1 Å². The van der Waals surface area contributed by atoms with E-state index in [-0.39, 0.29) is 47.9 Å². The van der Waals surface area contributed by atoms with E-state index < -0.39 is 15.9 Å². The number of sulfone groups is 1. The molecule has 0 aromatic carbocycles. The number of carbonyl (C=O) groups excluding carboxylic acids is 2. The molecule has 4 rings (SSSR count). The van der Waals surface area contributed by atoms with Crippen molar-refractivity contribution >= 4 is 27.4 Å². The van der Waals surface area contributed by atoms with Crippen LogP contribution < -0.4 is 5.32 Å². The predicted octanol–water partition coefficient (Wildman–Crippen LogP) is 1.09. The molecule has 0 radical (unpaired) electrons. The second-order valence-corrected chi connectivity index (χ2v) is 10.4. The molecule has 2 amide bonds. The molecule has 0 aliphatic carbocycles. The van der Waals surface area contributed by atoms with Crippen LogP contribution in [0.5, 0.6) is 0 Å². The summed E-state index contributed by atoms with van der Waals surface area (Å²) >= 11 is 0. The van der Waals surface area contributed by atoms with Crippen LogP contribution in [0, 0.1) is 0 Å². The maximum absolute atomic E-state index is 12.8. The SMILES string of the molecule is O=C(NC[C@H](c1ccco1)N1CCCCC1)C1=NN([C@H]2CCS(=O)(=O)C2)C(=O)CC1. The second kappa shape index (κ2) is 8.89. The first-order valence-corrected chi connectivity index (χ1v) is 12.4. The third-order valence-corrected chi connectivity index (χ3v) is 7.79. The Balaban J connectivity index is 1.43. The Morgan fingerprint density at radius 3 is 2.73 bits per heavy atom. The van der Waals surface area contributed by atoms with Crippen molar-refractivity contribution in [3.8, 4) is 0 Å². The average Bonchev–Trinajstić information content (AvgIpc) is 3.39. The minimum absolute atomic E-state index is 0.0499. The lowest BCUT2D eigenvalue weighted by Gasteiger charge is -2.33. The van der Waals surface area contributed by atoms with E-state index in [0.717, 1.165) is 31.7 Å². The van der Waals surface area contributed by atoms with Crippen LogP contribution in [-0.2, 0) is 19.4 Å². The monoisotopic (exact) mass is 436 g/mol. The fourth-order valence-corrected chi connectivity index (χ4v) is 6.09. The van der Waals surface area contributed by atoms with Crippen molar-refractivity contribution in [1.82, 2.24) is 15.2 Å². The summed E-state index contributed by atoms with van der Waals surface area (Å²) in [5.74, 6) is 0.235. The highest BCUT2D eigenvalue weighted by Gasteiger charge is 2.37. The summed E-state index contributed by atoms with van der Waals surface area (Å²) in [5.41, 5.74) is 0.274. The Kier molecular flexibility index (Phi) is 6.24. The van der Waals surface area contributed by atoms with E-state index in [4.69, 9.17) is 4.42 Å². The third kappa shape index (κ3) is 4.75. The first-order valence-electron chi connectivity index (χ1n) is 10.6. The number of hydrogen-bond acceptors (Lipinski definition) is 7. The number of hydrogen-bond donors (Lipinski definition) is 1. The summed E-state index contributed by atoms with van der Waals surface area (Å²) in [6, 6.07) is 3.24. The summed E-state index contributed by atoms with van der Waals surface area (Å²) < 4.78 is 29.1. The number of piperidine rings is 1. The van der Waals surface area contributed by atoms with Crippen molar-refractivity contribution < 1.29 is 22.4 Å². The van der Waals surface area contributed by atoms with Gasteiger partial charge in [0.15, 0.2) is 9.84 Å². The molecular formula is C20H28N4O5S. The van der Waals surface area contributed by atoms with E-state index in [0.29, 0.717) is 13.0 Å². The van der Waals surface area contributed by atoms with Gasteiger partial charge < -0.3 is 9.73 Å². The van der Waals surface area contributed by atoms with E-state index >= 15 is 0 Å². The molecule has 1 N–H and O–H groups in total. The molecule has 3 aliphatic heterocycles. The zero-order valence-electron chi connectivity index (χ0n) is 17.0. The molecule has 2 atom stereocenters. The second-order valence-electron chi connectivity index (χ2n) is 8.18. The van der Waals surface area contributed by atoms with Crippen LogP contribution >= 0.6 is 0 Å². The number of amides is 2. The fourth-order valence-electron chi connectivity index (χ4n) is 4.40. The van der Waals surface area contributed by atoms with Gasteiger partial charge in [0.25, 0.3) is 5.91 Å². The van der Waals surface area contributed by atoms with E-state index in [2.05, 4.69) is 15.3 Å². The maximum atomic E-state index is 12.8. The quantitative estimate of drug-likeness (QED) is 0.714. The van der Waals surface area contributed by atoms with Crippen LogP contribution in [0.3, 0.4) is 0 Å². The Bertz CT molecular complexity index is 906. The topological polar surface area (TPSA) is 112 Å². The number of furan rings is 1. The van der Waals surface area contributed by atoms with Crippen LogP contribution in [0.15, 0.2) is 27.9 Å². The van der Waals surface area contributed by atoms with Crippen molar-refractivity contribution in [2.24, 2.45) is 5.10 Å². The van der Waals surface area contributed by atoms with E-state index in [1.54, 1.807) is 6.26 Å². The summed E-state index contributed by atoms with van der Waals surface area (Å²) in [4.78, 5) is 27.4. The molecular weight excluding hydrogens is 408 g/mol. The van der Waals surface area contributed by atoms with Gasteiger partial charge in [-0.15, -0.1) is 0 Å². The van der Waals surface area contributed by atoms with Gasteiger partial charge in [-0.05, 0) is 44.5 Å². The van der Waals surface area contributed by atoms with Gasteiger partial charge in [-0.3, -0.25) is 14.5 Å². The largest absolute Gasteiger partial charge is 0.468 e. The van der Waals surface area contributed by atoms with Crippen LogP contribution in [0.1, 0.15) is 50.3 Å². The van der Waals surface area contributed by atoms with Crippen molar-refractivity contribution in [3.05, 3.63) is 24.2 Å². The normalized spacial score (nSPS) is 25.7. The molecule has 9 nitrogen and oxygen atoms in total. The zero-order valence-corrected chi connectivity index (χ0v) is 17.8. The zero-order chi connectivity index (χ0) is 21.1. The molecule has 0 saturated carbocycles. The lowest BCUT2D eigenvalue weighted by Crippen LogP contribution is -2.46. The molecule has 3 aliphatic rings. The summed E-state index contributed by atoms with van der Waals surface area (Å²) in [6.07, 6.45) is 5.89. The fraction of sp³-hybridized carbons (Fsp3) is 0.650. The summed E-state index contributed by atoms with van der Waals surface area (Å²) in [6.45, 7) is 2.30. The Morgan fingerprint density at radius 1 is 1.27 bits per heavy atom. The molecule has 30 heavy (non-hydrogen) atoms. The Labute approximate surface area is 176 Å². The van der Waals surface area contributed by atoms with Crippen LogP contribution in [0.2, 0.25) is 0 Å². The van der Waals surface area contributed by atoms with Gasteiger partial charge in [0.1, 0.15) is 11.5 Å². The molecule has 0 bridgehead atoms. The number of rotatable bonds is 6. The van der Waals surface area contributed by atoms with Crippen molar-refractivity contribution in [2.75, 3.05) is 31.1 Å². The molecule has 2 saturated heterocycles. The third-order valence-electron chi connectivity index (χ3n) is 6.04. The molecule has 10 heteroatoms. The van der Waals surface area contributed by atoms with Gasteiger partial charge in [-0.1, -0.05) is 6.42 Å². The van der Waals surface area contributed by atoms with Crippen LogP contribution in [0.25, 0.3) is 0 Å². The van der Waals surface area contributed by atoms with Gasteiger partial charge in [-0.2, -0.15) is 5.10 Å². The molecule has 164 valence electrons. The Hall–Kier alpha value is -2.20. The minimum Gasteiger partial charge on any atom is -0.468 e. The molecule has 0 spiro atoms. The number of carbonyl (C=O) groups is 2. The number of likely N-dealkylation sites (tertiary alicyclic amines) is 1. The van der Waals surface area contributed by atoms with Gasteiger partial charge in [0.2, 0.25) is 5.91 Å². The predicted molar refractivity (Wildman–Crippen MR) is 110 cm³/mol. The first kappa shape index (κ1) is 21.0. The molecule has 0 unspecified atom stereocenters. The van der Waals surface area contributed by atoms with Crippen LogP contribution in [-0.4, -0.2) is 73.0 Å². The number of nitrogens with zero attached hydrogens (tertiary/aromatic N) is 3. The molecule has 1 aromatic heterocycles. The summed E-state index contributed by atoms with van der Waals surface area (Å²) in [7, 11) is -3.14. The number of hydrazone groups is 1. The first-order chi connectivity index (χ1) is 14.4. The van der Waals surface area contributed by atoms with Crippen molar-refractivity contribution in [2.45, 2.75) is 50.6 Å². The lowest BCUT2D eigenvalue weighted by atomic mass is 10.1. The highest BCUT2D eigenvalue weighted by atomic mass is 32.2. The van der Waals surface area contributed by atoms with E-state index in [1.165, 1.54) is 11.4 Å². The average molecular weight is 437 g/mol. The van der Waals surface area contributed by atoms with Crippen molar-refractivity contribution in [1.29, 1.82) is 0 Å². The molecule has 2 fully saturated rings. The van der Waals surface area contributed by atoms with Gasteiger partial charge >= 0.3 is 0 Å². The highest BCUT2D eigenvalue weighted by molar-refractivity contribution is 7.91. The Morgan fingerprint density at radius 2 is 2.07 bits per heavy atom. The highest BCUT2D eigenvalue weighted by Crippen LogP contribution is 2.25. The standard InChI is InChI=1S/C20H28N4O5S/c25-19-7-6-16(22-24(19)15-8-12-30(27,28)14-15)20(26)21-13-17(18-5-4-11-29-18)23-9-2-1-3-10-23/h4-5,11,15,17H,1-3,6-10,12-14H2,(H,21,26)/t15-,17+/m0/s1. The lowest BCUT2D eigenvalue weighted by molar-refractivity contribution is -0.133. The minimum atomic E-state index is -3.14.